The maximum atomic E-state index is 13.0. The molecule has 0 radical (unpaired) electrons. The highest BCUT2D eigenvalue weighted by Crippen LogP contribution is 2.39. The maximum absolute atomic E-state index is 13.0. The van der Waals surface area contributed by atoms with E-state index in [1.165, 1.54) is 0 Å². The largest absolute Gasteiger partial charge is 0.327 e. The molecule has 0 saturated heterocycles. The van der Waals surface area contributed by atoms with Gasteiger partial charge in [-0.05, 0) is 40.0 Å². The van der Waals surface area contributed by atoms with Crippen LogP contribution in [-0.2, 0) is 0 Å². The summed E-state index contributed by atoms with van der Waals surface area (Å²) < 4.78 is 13.5. The topological polar surface area (TPSA) is 26.0 Å². The molecular weight excluding hydrogens is 256 g/mol. The van der Waals surface area contributed by atoms with Gasteiger partial charge < -0.3 is 5.73 Å². The minimum Gasteiger partial charge on any atom is -0.327 e. The summed E-state index contributed by atoms with van der Waals surface area (Å²) in [5, 5.41) is 0. The van der Waals surface area contributed by atoms with Crippen molar-refractivity contribution in [2.24, 2.45) is 5.73 Å². The van der Waals surface area contributed by atoms with Crippen LogP contribution < -0.4 is 5.73 Å². The van der Waals surface area contributed by atoms with Gasteiger partial charge in [0.15, 0.2) is 0 Å². The molecule has 2 atom stereocenters. The molecule has 2 unspecified atom stereocenters. The summed E-state index contributed by atoms with van der Waals surface area (Å²) in [6, 6.07) is 5.45. The lowest BCUT2D eigenvalue weighted by Crippen LogP contribution is -2.01. The van der Waals surface area contributed by atoms with Crippen LogP contribution in [0.25, 0.3) is 0 Å². The smallest absolute Gasteiger partial charge is 0.137 e. The fourth-order valence-electron chi connectivity index (χ4n) is 1.34. The Labute approximate surface area is 91.0 Å². The summed E-state index contributed by atoms with van der Waals surface area (Å²) >= 11 is 3.11. The Kier molecular flexibility index (Phi) is 3.33. The van der Waals surface area contributed by atoms with Gasteiger partial charge in [0, 0.05) is 12.0 Å². The SMILES string of the molecule is Cl.NC1CC1c1ccc(Br)c(F)c1. The van der Waals surface area contributed by atoms with Gasteiger partial charge >= 0.3 is 0 Å². The molecule has 1 aliphatic carbocycles. The third-order valence-corrected chi connectivity index (χ3v) is 2.85. The van der Waals surface area contributed by atoms with Crippen molar-refractivity contribution in [2.75, 3.05) is 0 Å². The van der Waals surface area contributed by atoms with Crippen LogP contribution in [0.1, 0.15) is 17.9 Å². The van der Waals surface area contributed by atoms with Crippen LogP contribution in [0.2, 0.25) is 0 Å². The van der Waals surface area contributed by atoms with E-state index in [-0.39, 0.29) is 24.3 Å². The second-order valence-corrected chi connectivity index (χ2v) is 4.03. The van der Waals surface area contributed by atoms with Crippen LogP contribution in [0, 0.1) is 5.82 Å². The number of nitrogens with two attached hydrogens (primary N) is 1. The number of hydrogen-bond acceptors (Lipinski definition) is 1. The molecule has 0 heterocycles. The van der Waals surface area contributed by atoms with Crippen LogP contribution in [0.15, 0.2) is 22.7 Å². The molecule has 2 rings (SSSR count). The molecule has 4 heteroatoms. The van der Waals surface area contributed by atoms with Crippen LogP contribution in [0.4, 0.5) is 4.39 Å². The van der Waals surface area contributed by atoms with Gasteiger partial charge in [0.05, 0.1) is 4.47 Å². The summed E-state index contributed by atoms with van der Waals surface area (Å²) in [5.41, 5.74) is 6.67. The lowest BCUT2D eigenvalue weighted by molar-refractivity contribution is 0.618. The van der Waals surface area contributed by atoms with Gasteiger partial charge in [0.1, 0.15) is 5.82 Å². The van der Waals surface area contributed by atoms with Crippen molar-refractivity contribution < 1.29 is 4.39 Å². The van der Waals surface area contributed by atoms with Crippen molar-refractivity contribution in [2.45, 2.75) is 18.4 Å². The lowest BCUT2D eigenvalue weighted by Gasteiger charge is -1.99. The maximum Gasteiger partial charge on any atom is 0.137 e. The highest BCUT2D eigenvalue weighted by Gasteiger charge is 2.34. The van der Waals surface area contributed by atoms with E-state index in [1.807, 2.05) is 6.07 Å². The monoisotopic (exact) mass is 265 g/mol. The number of rotatable bonds is 1. The van der Waals surface area contributed by atoms with E-state index in [2.05, 4.69) is 15.9 Å². The Morgan fingerprint density at radius 2 is 2.08 bits per heavy atom. The van der Waals surface area contributed by atoms with E-state index in [0.717, 1.165) is 12.0 Å². The quantitative estimate of drug-likeness (QED) is 0.831. The van der Waals surface area contributed by atoms with Gasteiger partial charge in [-0.2, -0.15) is 0 Å². The summed E-state index contributed by atoms with van der Waals surface area (Å²) in [5.74, 6) is 0.180. The molecular formula is C9H10BrClFN. The van der Waals surface area contributed by atoms with Gasteiger partial charge in [-0.1, -0.05) is 6.07 Å². The van der Waals surface area contributed by atoms with E-state index in [1.54, 1.807) is 12.1 Å². The van der Waals surface area contributed by atoms with Gasteiger partial charge in [0.2, 0.25) is 0 Å². The van der Waals surface area contributed by atoms with Crippen LogP contribution in [0.5, 0.6) is 0 Å². The van der Waals surface area contributed by atoms with E-state index >= 15 is 0 Å². The molecule has 0 spiro atoms. The van der Waals surface area contributed by atoms with Gasteiger partial charge in [0.25, 0.3) is 0 Å². The Morgan fingerprint density at radius 1 is 1.46 bits per heavy atom. The molecule has 13 heavy (non-hydrogen) atoms. The molecule has 1 aromatic rings. The molecule has 1 saturated carbocycles. The van der Waals surface area contributed by atoms with Gasteiger partial charge in [-0.3, -0.25) is 0 Å². The van der Waals surface area contributed by atoms with E-state index in [0.29, 0.717) is 10.4 Å². The summed E-state index contributed by atoms with van der Waals surface area (Å²) in [4.78, 5) is 0. The molecule has 2 N–H and O–H groups in total. The molecule has 72 valence electrons. The molecule has 1 fully saturated rings. The van der Waals surface area contributed by atoms with Crippen molar-refractivity contribution in [3.05, 3.63) is 34.1 Å². The van der Waals surface area contributed by atoms with E-state index in [9.17, 15) is 4.39 Å². The third kappa shape index (κ3) is 2.22. The average Bonchev–Trinajstić information content (AvgIpc) is 2.73. The Hall–Kier alpha value is -0.120. The zero-order valence-electron chi connectivity index (χ0n) is 6.84. The fraction of sp³-hybridized carbons (Fsp3) is 0.333. The van der Waals surface area contributed by atoms with Crippen molar-refractivity contribution >= 4 is 28.3 Å². The van der Waals surface area contributed by atoms with Crippen molar-refractivity contribution in [3.63, 3.8) is 0 Å². The Morgan fingerprint density at radius 3 is 2.54 bits per heavy atom. The minimum atomic E-state index is -0.202. The highest BCUT2D eigenvalue weighted by atomic mass is 79.9. The van der Waals surface area contributed by atoms with Crippen LogP contribution in [-0.4, -0.2) is 6.04 Å². The molecule has 1 nitrogen and oxygen atoms in total. The molecule has 1 aromatic carbocycles. The van der Waals surface area contributed by atoms with Gasteiger partial charge in [-0.15, -0.1) is 12.4 Å². The zero-order chi connectivity index (χ0) is 8.72. The summed E-state index contributed by atoms with van der Waals surface area (Å²) in [6.45, 7) is 0. The molecule has 0 aromatic heterocycles. The second-order valence-electron chi connectivity index (χ2n) is 3.18. The van der Waals surface area contributed by atoms with Crippen LogP contribution in [0.3, 0.4) is 0 Å². The van der Waals surface area contributed by atoms with Crippen molar-refractivity contribution in [1.29, 1.82) is 0 Å². The first kappa shape index (κ1) is 11.0. The highest BCUT2D eigenvalue weighted by molar-refractivity contribution is 9.10. The second kappa shape index (κ2) is 3.95. The molecule has 0 bridgehead atoms. The minimum absolute atomic E-state index is 0. The standard InChI is InChI=1S/C9H9BrFN.ClH/c10-7-2-1-5(3-8(7)11)6-4-9(6)12;/h1-3,6,9H,4,12H2;1H. The summed E-state index contributed by atoms with van der Waals surface area (Å²) in [6.07, 6.45) is 0.987. The lowest BCUT2D eigenvalue weighted by atomic mass is 10.1. The van der Waals surface area contributed by atoms with Crippen molar-refractivity contribution in [3.8, 4) is 0 Å². The first-order valence-corrected chi connectivity index (χ1v) is 4.68. The van der Waals surface area contributed by atoms with Crippen molar-refractivity contribution in [1.82, 2.24) is 0 Å². The van der Waals surface area contributed by atoms with E-state index in [4.69, 9.17) is 5.73 Å². The summed E-state index contributed by atoms with van der Waals surface area (Å²) in [7, 11) is 0. The number of halogens is 3. The zero-order valence-corrected chi connectivity index (χ0v) is 9.24. The number of hydrogen-bond donors (Lipinski definition) is 1. The first-order valence-electron chi connectivity index (χ1n) is 3.89. The Bertz CT molecular complexity index is 318. The predicted molar refractivity (Wildman–Crippen MR) is 56.7 cm³/mol. The fourth-order valence-corrected chi connectivity index (χ4v) is 1.59. The third-order valence-electron chi connectivity index (χ3n) is 2.21. The van der Waals surface area contributed by atoms with Gasteiger partial charge in [-0.25, -0.2) is 4.39 Å². The Balaban J connectivity index is 0.000000845. The molecule has 1 aliphatic rings. The molecule has 0 aliphatic heterocycles. The van der Waals surface area contributed by atoms with Crippen LogP contribution >= 0.6 is 28.3 Å². The molecule has 0 amide bonds. The van der Waals surface area contributed by atoms with E-state index < -0.39 is 0 Å². The first-order chi connectivity index (χ1) is 5.68. The number of benzene rings is 1. The predicted octanol–water partition coefficient (Wildman–Crippen LogP) is 2.82. The normalized spacial score (nSPS) is 25.2. The average molecular weight is 267 g/mol.